The Morgan fingerprint density at radius 3 is 2.91 bits per heavy atom. The van der Waals surface area contributed by atoms with Crippen molar-refractivity contribution < 1.29 is 14.6 Å². The summed E-state index contributed by atoms with van der Waals surface area (Å²) in [5.41, 5.74) is 2.17. The number of benzene rings is 2. The lowest BCUT2D eigenvalue weighted by atomic mass is 9.90. The van der Waals surface area contributed by atoms with E-state index in [1.807, 2.05) is 42.5 Å². The maximum absolute atomic E-state index is 10.7. The van der Waals surface area contributed by atoms with Crippen LogP contribution in [0.25, 0.3) is 21.0 Å². The van der Waals surface area contributed by atoms with Gasteiger partial charge < -0.3 is 19.6 Å². The van der Waals surface area contributed by atoms with Gasteiger partial charge in [-0.3, -0.25) is 4.90 Å². The van der Waals surface area contributed by atoms with Gasteiger partial charge in [-0.15, -0.1) is 11.3 Å². The number of ether oxygens (including phenoxy) is 2. The predicted molar refractivity (Wildman–Crippen MR) is 136 cm³/mol. The number of aromatic amines is 1. The minimum absolute atomic E-state index is 0.300. The molecule has 4 aromatic rings. The molecule has 1 saturated heterocycles. The molecule has 174 valence electrons. The Bertz CT molecular complexity index is 1250. The Hall–Kier alpha value is -2.54. The van der Waals surface area contributed by atoms with E-state index >= 15 is 0 Å². The number of likely N-dealkylation sites (tertiary alicyclic amines) is 1. The lowest BCUT2D eigenvalue weighted by Crippen LogP contribution is -2.45. The highest BCUT2D eigenvalue weighted by Crippen LogP contribution is 2.39. The van der Waals surface area contributed by atoms with E-state index in [0.717, 1.165) is 47.5 Å². The predicted octanol–water partition coefficient (Wildman–Crippen LogP) is 5.71. The molecule has 33 heavy (non-hydrogen) atoms. The van der Waals surface area contributed by atoms with E-state index < -0.39 is 6.10 Å². The fourth-order valence-electron chi connectivity index (χ4n) is 5.01. The summed E-state index contributed by atoms with van der Waals surface area (Å²) < 4.78 is 12.7. The molecule has 0 bridgehead atoms. The quantitative estimate of drug-likeness (QED) is 0.368. The number of aliphatic hydroxyl groups excluding tert-OH is 1. The van der Waals surface area contributed by atoms with Crippen molar-refractivity contribution in [3.63, 3.8) is 0 Å². The first-order valence-corrected chi connectivity index (χ1v) is 12.5. The summed E-state index contributed by atoms with van der Waals surface area (Å²) in [6.07, 6.45) is 1.71. The van der Waals surface area contributed by atoms with Crippen LogP contribution in [0.2, 0.25) is 0 Å². The zero-order valence-corrected chi connectivity index (χ0v) is 20.3. The molecule has 2 N–H and O–H groups in total. The number of aromatic nitrogens is 1. The van der Waals surface area contributed by atoms with E-state index in [9.17, 15) is 5.11 Å². The second kappa shape index (κ2) is 9.37. The highest BCUT2D eigenvalue weighted by molar-refractivity contribution is 7.19. The molecule has 5 rings (SSSR count). The second-order valence-electron chi connectivity index (χ2n) is 9.25. The van der Waals surface area contributed by atoms with E-state index in [1.54, 1.807) is 7.11 Å². The van der Waals surface area contributed by atoms with Gasteiger partial charge in [-0.2, -0.15) is 0 Å². The number of β-amino-alcohol motifs (C(OH)–C–C–N with tert-alkyl or cyclic N) is 1. The van der Waals surface area contributed by atoms with Crippen molar-refractivity contribution >= 4 is 32.3 Å². The van der Waals surface area contributed by atoms with Crippen LogP contribution in [0.15, 0.2) is 48.5 Å². The molecule has 0 amide bonds. The van der Waals surface area contributed by atoms with Gasteiger partial charge in [0.25, 0.3) is 0 Å². The maximum atomic E-state index is 10.7. The number of hydrogen-bond donors (Lipinski definition) is 2. The van der Waals surface area contributed by atoms with Crippen molar-refractivity contribution in [1.29, 1.82) is 0 Å². The molecule has 3 heterocycles. The average molecular weight is 465 g/mol. The largest absolute Gasteiger partial charge is 0.497 e. The lowest BCUT2D eigenvalue weighted by Gasteiger charge is -2.38. The number of thiophene rings is 1. The Labute approximate surface area is 198 Å². The van der Waals surface area contributed by atoms with Crippen LogP contribution in [-0.2, 0) is 0 Å². The SMILES string of the molecule is COc1ccc2cc([C@@H]3CCN(C[C@H](O)COc4cccc5[nH]c(C)cc45)[C@H](C)C3)sc2c1. The number of rotatable bonds is 7. The van der Waals surface area contributed by atoms with E-state index in [1.165, 1.54) is 15.0 Å². The normalized spacial score (nSPS) is 20.4. The smallest absolute Gasteiger partial charge is 0.128 e. The fraction of sp³-hybridized carbons (Fsp3) is 0.407. The third-order valence-electron chi connectivity index (χ3n) is 6.80. The summed E-state index contributed by atoms with van der Waals surface area (Å²) in [5.74, 6) is 2.31. The fourth-order valence-corrected chi connectivity index (χ4v) is 6.25. The third kappa shape index (κ3) is 4.74. The van der Waals surface area contributed by atoms with Gasteiger partial charge in [0.05, 0.1) is 7.11 Å². The van der Waals surface area contributed by atoms with E-state index in [0.29, 0.717) is 25.1 Å². The number of hydrogen-bond acceptors (Lipinski definition) is 5. The molecular weight excluding hydrogens is 432 g/mol. The first-order chi connectivity index (χ1) is 16.0. The summed E-state index contributed by atoms with van der Waals surface area (Å²) in [6, 6.07) is 17.2. The van der Waals surface area contributed by atoms with Gasteiger partial charge in [0, 0.05) is 38.8 Å². The number of fused-ring (bicyclic) bond motifs is 2. The zero-order valence-electron chi connectivity index (χ0n) is 19.5. The van der Waals surface area contributed by atoms with Crippen LogP contribution in [0.3, 0.4) is 0 Å². The van der Waals surface area contributed by atoms with E-state index in [2.05, 4.69) is 41.1 Å². The number of methoxy groups -OCH3 is 1. The van der Waals surface area contributed by atoms with Gasteiger partial charge in [0.1, 0.15) is 24.2 Å². The summed E-state index contributed by atoms with van der Waals surface area (Å²) in [6.45, 7) is 6.25. The molecule has 2 aromatic heterocycles. The zero-order chi connectivity index (χ0) is 22.9. The average Bonchev–Trinajstić information content (AvgIpc) is 3.41. The number of H-pyrrole nitrogens is 1. The molecule has 0 radical (unpaired) electrons. The maximum Gasteiger partial charge on any atom is 0.128 e. The van der Waals surface area contributed by atoms with E-state index in [-0.39, 0.29) is 0 Å². The van der Waals surface area contributed by atoms with Crippen molar-refractivity contribution in [2.45, 2.75) is 44.8 Å². The molecule has 0 spiro atoms. The molecule has 0 unspecified atom stereocenters. The molecule has 5 nitrogen and oxygen atoms in total. The minimum atomic E-state index is -0.518. The molecular formula is C27H32N2O3S. The standard InChI is InChI=1S/C27H32N2O3S/c1-17-11-23-24(28-17)5-4-6-25(23)32-16-21(30)15-29-10-9-20(12-18(29)2)26-13-19-7-8-22(31-3)14-27(19)33-26/h4-8,11,13-14,18,20-21,28,30H,9-10,12,15-16H2,1-3H3/t18-,20-,21+/m1/s1. The summed E-state index contributed by atoms with van der Waals surface area (Å²) in [7, 11) is 1.72. The summed E-state index contributed by atoms with van der Waals surface area (Å²) >= 11 is 1.89. The third-order valence-corrected chi connectivity index (χ3v) is 8.06. The number of nitrogens with zero attached hydrogens (tertiary/aromatic N) is 1. The van der Waals surface area contributed by atoms with Crippen LogP contribution in [0, 0.1) is 6.92 Å². The van der Waals surface area contributed by atoms with Crippen LogP contribution in [0.1, 0.15) is 36.3 Å². The number of aryl methyl sites for hydroxylation is 1. The molecule has 1 fully saturated rings. The molecule has 1 aliphatic heterocycles. The van der Waals surface area contributed by atoms with Crippen LogP contribution in [0.4, 0.5) is 0 Å². The van der Waals surface area contributed by atoms with Gasteiger partial charge in [0.15, 0.2) is 0 Å². The second-order valence-corrected chi connectivity index (χ2v) is 10.4. The van der Waals surface area contributed by atoms with Crippen LogP contribution < -0.4 is 9.47 Å². The van der Waals surface area contributed by atoms with Gasteiger partial charge in [-0.25, -0.2) is 0 Å². The highest BCUT2D eigenvalue weighted by Gasteiger charge is 2.29. The minimum Gasteiger partial charge on any atom is -0.497 e. The van der Waals surface area contributed by atoms with E-state index in [4.69, 9.17) is 9.47 Å². The monoisotopic (exact) mass is 464 g/mol. The number of nitrogens with one attached hydrogen (secondary N) is 1. The Morgan fingerprint density at radius 1 is 1.21 bits per heavy atom. The molecule has 0 aliphatic carbocycles. The Kier molecular flexibility index (Phi) is 6.32. The number of piperidine rings is 1. The molecule has 3 atom stereocenters. The van der Waals surface area contributed by atoms with Gasteiger partial charge in [-0.1, -0.05) is 6.07 Å². The van der Waals surface area contributed by atoms with Crippen LogP contribution in [0.5, 0.6) is 11.5 Å². The summed E-state index contributed by atoms with van der Waals surface area (Å²) in [4.78, 5) is 7.20. The van der Waals surface area contributed by atoms with Crippen molar-refractivity contribution in [1.82, 2.24) is 9.88 Å². The van der Waals surface area contributed by atoms with Crippen molar-refractivity contribution in [2.24, 2.45) is 0 Å². The summed E-state index contributed by atoms with van der Waals surface area (Å²) in [5, 5.41) is 13.1. The van der Waals surface area contributed by atoms with Crippen molar-refractivity contribution in [3.05, 3.63) is 59.1 Å². The number of aliphatic hydroxyl groups is 1. The van der Waals surface area contributed by atoms with Gasteiger partial charge in [0.2, 0.25) is 0 Å². The Balaban J connectivity index is 1.17. The molecule has 2 aromatic carbocycles. The molecule has 0 saturated carbocycles. The Morgan fingerprint density at radius 2 is 2.09 bits per heavy atom. The van der Waals surface area contributed by atoms with Gasteiger partial charge in [-0.05, 0) is 87.0 Å². The lowest BCUT2D eigenvalue weighted by molar-refractivity contribution is 0.0408. The highest BCUT2D eigenvalue weighted by atomic mass is 32.1. The van der Waals surface area contributed by atoms with Crippen LogP contribution in [-0.4, -0.2) is 53.9 Å². The van der Waals surface area contributed by atoms with Gasteiger partial charge >= 0.3 is 0 Å². The first-order valence-electron chi connectivity index (χ1n) is 11.7. The molecule has 6 heteroatoms. The van der Waals surface area contributed by atoms with Crippen molar-refractivity contribution in [2.75, 3.05) is 26.8 Å². The first kappa shape index (κ1) is 22.3. The van der Waals surface area contributed by atoms with Crippen LogP contribution >= 0.6 is 11.3 Å². The topological polar surface area (TPSA) is 57.7 Å². The van der Waals surface area contributed by atoms with Crippen molar-refractivity contribution in [3.8, 4) is 11.5 Å². The molecule has 1 aliphatic rings.